The molecule has 0 saturated carbocycles. The van der Waals surface area contributed by atoms with E-state index >= 15 is 0 Å². The average molecular weight is 355 g/mol. The van der Waals surface area contributed by atoms with E-state index in [4.69, 9.17) is 5.73 Å². The Balaban J connectivity index is 2.27. The van der Waals surface area contributed by atoms with E-state index in [-0.39, 0.29) is 5.91 Å². The van der Waals surface area contributed by atoms with Crippen molar-refractivity contribution >= 4 is 50.5 Å². The Morgan fingerprint density at radius 3 is 2.80 bits per heavy atom. The molecule has 0 spiro atoms. The van der Waals surface area contributed by atoms with Gasteiger partial charge in [-0.1, -0.05) is 6.07 Å². The number of anilines is 2. The predicted molar refractivity (Wildman–Crippen MR) is 82.2 cm³/mol. The molecule has 0 fully saturated rings. The van der Waals surface area contributed by atoms with Gasteiger partial charge in [0.25, 0.3) is 5.91 Å². The van der Waals surface area contributed by atoms with Crippen LogP contribution in [0, 0.1) is 0 Å². The van der Waals surface area contributed by atoms with E-state index in [9.17, 15) is 9.59 Å². The van der Waals surface area contributed by atoms with Crippen LogP contribution < -0.4 is 11.1 Å². The second-order valence-electron chi connectivity index (χ2n) is 3.82. The van der Waals surface area contributed by atoms with Crippen LogP contribution in [0.5, 0.6) is 0 Å². The van der Waals surface area contributed by atoms with E-state index < -0.39 is 5.97 Å². The largest absolute Gasteiger partial charge is 0.465 e. The van der Waals surface area contributed by atoms with Gasteiger partial charge in [0.05, 0.1) is 22.8 Å². The number of ether oxygens (including phenoxy) is 1. The van der Waals surface area contributed by atoms with Crippen LogP contribution in [0.15, 0.2) is 34.1 Å². The Morgan fingerprint density at radius 1 is 1.35 bits per heavy atom. The number of methoxy groups -OCH3 is 1. The molecule has 1 aromatic carbocycles. The predicted octanol–water partition coefficient (Wildman–Crippen LogP) is 3.13. The Labute approximate surface area is 127 Å². The lowest BCUT2D eigenvalue weighted by atomic mass is 10.2. The summed E-state index contributed by atoms with van der Waals surface area (Å²) in [5, 5.41) is 4.38. The molecule has 0 saturated heterocycles. The van der Waals surface area contributed by atoms with Gasteiger partial charge in [-0.15, -0.1) is 11.3 Å². The molecule has 20 heavy (non-hydrogen) atoms. The number of halogens is 1. The van der Waals surface area contributed by atoms with Gasteiger partial charge in [0.1, 0.15) is 4.88 Å². The first-order valence-corrected chi connectivity index (χ1v) is 7.23. The molecular formula is C13H11BrN2O3S. The lowest BCUT2D eigenvalue weighted by Crippen LogP contribution is -2.15. The molecule has 0 aliphatic rings. The van der Waals surface area contributed by atoms with Gasteiger partial charge in [-0.25, -0.2) is 4.79 Å². The van der Waals surface area contributed by atoms with E-state index in [1.807, 2.05) is 0 Å². The van der Waals surface area contributed by atoms with E-state index in [1.165, 1.54) is 18.4 Å². The van der Waals surface area contributed by atoms with E-state index in [0.717, 1.165) is 0 Å². The van der Waals surface area contributed by atoms with E-state index in [1.54, 1.807) is 29.6 Å². The molecule has 1 aromatic heterocycles. The third kappa shape index (κ3) is 2.83. The highest BCUT2D eigenvalue weighted by molar-refractivity contribution is 9.10. The zero-order chi connectivity index (χ0) is 14.7. The Hall–Kier alpha value is -1.86. The topological polar surface area (TPSA) is 81.4 Å². The minimum Gasteiger partial charge on any atom is -0.465 e. The fraction of sp³-hybridized carbons (Fsp3) is 0.0769. The van der Waals surface area contributed by atoms with Crippen LogP contribution in [-0.4, -0.2) is 19.0 Å². The molecule has 0 atom stereocenters. The summed E-state index contributed by atoms with van der Waals surface area (Å²) < 4.78 is 5.18. The molecule has 0 bridgehead atoms. The number of nitrogens with one attached hydrogen (secondary N) is 1. The number of hydrogen-bond donors (Lipinski definition) is 2. The fourth-order valence-electron chi connectivity index (χ4n) is 1.57. The molecule has 2 rings (SSSR count). The van der Waals surface area contributed by atoms with Gasteiger partial charge >= 0.3 is 5.97 Å². The molecule has 7 heteroatoms. The first-order valence-electron chi connectivity index (χ1n) is 5.55. The highest BCUT2D eigenvalue weighted by Gasteiger charge is 2.18. The maximum Gasteiger partial charge on any atom is 0.350 e. The maximum absolute atomic E-state index is 12.2. The molecule has 1 amide bonds. The Morgan fingerprint density at radius 2 is 2.10 bits per heavy atom. The number of carbonyl (C=O) groups is 2. The Kier molecular flexibility index (Phi) is 4.41. The molecule has 0 aliphatic carbocycles. The zero-order valence-electron chi connectivity index (χ0n) is 10.5. The van der Waals surface area contributed by atoms with Crippen molar-refractivity contribution in [3.8, 4) is 0 Å². The average Bonchev–Trinajstić information content (AvgIpc) is 2.89. The standard InChI is InChI=1S/C13H11BrN2O3S/c1-19-13(18)11-9(5-6-20-11)16-12(17)7-3-2-4-8(15)10(7)14/h2-6H,15H2,1H3,(H,16,17). The second-order valence-corrected chi connectivity index (χ2v) is 5.53. The summed E-state index contributed by atoms with van der Waals surface area (Å²) in [5.74, 6) is -0.838. The van der Waals surface area contributed by atoms with Gasteiger partial charge < -0.3 is 15.8 Å². The smallest absolute Gasteiger partial charge is 0.350 e. The summed E-state index contributed by atoms with van der Waals surface area (Å²) in [4.78, 5) is 24.1. The number of carbonyl (C=O) groups excluding carboxylic acids is 2. The molecular weight excluding hydrogens is 344 g/mol. The van der Waals surface area contributed by atoms with Crippen LogP contribution in [0.3, 0.4) is 0 Å². The highest BCUT2D eigenvalue weighted by Crippen LogP contribution is 2.27. The summed E-state index contributed by atoms with van der Waals surface area (Å²) in [6.45, 7) is 0. The van der Waals surface area contributed by atoms with Crippen LogP contribution in [0.2, 0.25) is 0 Å². The third-order valence-corrected chi connectivity index (χ3v) is 4.34. The summed E-state index contributed by atoms with van der Waals surface area (Å²) >= 11 is 4.47. The van der Waals surface area contributed by atoms with Gasteiger partial charge in [-0.3, -0.25) is 4.79 Å². The Bertz CT molecular complexity index is 669. The first-order chi connectivity index (χ1) is 9.54. The number of amides is 1. The van der Waals surface area contributed by atoms with Crippen molar-refractivity contribution in [1.82, 2.24) is 0 Å². The quantitative estimate of drug-likeness (QED) is 0.655. The van der Waals surface area contributed by atoms with Crippen LogP contribution in [0.1, 0.15) is 20.0 Å². The number of nitrogens with two attached hydrogens (primary N) is 1. The fourth-order valence-corrected chi connectivity index (χ4v) is 2.78. The molecule has 0 radical (unpaired) electrons. The number of esters is 1. The van der Waals surface area contributed by atoms with E-state index in [2.05, 4.69) is 26.0 Å². The molecule has 104 valence electrons. The van der Waals surface area contributed by atoms with Gasteiger partial charge in [0.15, 0.2) is 0 Å². The third-order valence-electron chi connectivity index (χ3n) is 2.56. The SMILES string of the molecule is COC(=O)c1sccc1NC(=O)c1cccc(N)c1Br. The number of hydrogen-bond acceptors (Lipinski definition) is 5. The van der Waals surface area contributed by atoms with Crippen molar-refractivity contribution in [1.29, 1.82) is 0 Å². The number of thiophene rings is 1. The van der Waals surface area contributed by atoms with Crippen molar-refractivity contribution in [3.05, 3.63) is 44.6 Å². The molecule has 0 unspecified atom stereocenters. The van der Waals surface area contributed by atoms with Crippen molar-refractivity contribution in [3.63, 3.8) is 0 Å². The summed E-state index contributed by atoms with van der Waals surface area (Å²) in [5.41, 5.74) is 7.01. The van der Waals surface area contributed by atoms with Crippen molar-refractivity contribution < 1.29 is 14.3 Å². The molecule has 1 heterocycles. The van der Waals surface area contributed by atoms with Gasteiger partial charge in [0.2, 0.25) is 0 Å². The summed E-state index contributed by atoms with van der Waals surface area (Å²) in [6.07, 6.45) is 0. The first kappa shape index (κ1) is 14.5. The maximum atomic E-state index is 12.2. The summed E-state index contributed by atoms with van der Waals surface area (Å²) in [6, 6.07) is 6.66. The van der Waals surface area contributed by atoms with Crippen LogP contribution in [0.4, 0.5) is 11.4 Å². The number of nitrogen functional groups attached to an aromatic ring is 1. The lowest BCUT2D eigenvalue weighted by Gasteiger charge is -2.08. The minimum atomic E-state index is -0.484. The van der Waals surface area contributed by atoms with Gasteiger partial charge in [-0.2, -0.15) is 0 Å². The second kappa shape index (κ2) is 6.06. The van der Waals surface area contributed by atoms with Crippen LogP contribution in [0.25, 0.3) is 0 Å². The minimum absolute atomic E-state index is 0.348. The molecule has 5 nitrogen and oxygen atoms in total. The molecule has 0 aliphatic heterocycles. The molecule has 3 N–H and O–H groups in total. The molecule has 2 aromatic rings. The normalized spacial score (nSPS) is 10.1. The van der Waals surface area contributed by atoms with Crippen LogP contribution >= 0.6 is 27.3 Å². The van der Waals surface area contributed by atoms with Gasteiger partial charge in [0, 0.05) is 5.69 Å². The highest BCUT2D eigenvalue weighted by atomic mass is 79.9. The van der Waals surface area contributed by atoms with Crippen LogP contribution in [-0.2, 0) is 4.74 Å². The van der Waals surface area contributed by atoms with Crippen molar-refractivity contribution in [2.24, 2.45) is 0 Å². The van der Waals surface area contributed by atoms with Gasteiger partial charge in [-0.05, 0) is 39.5 Å². The zero-order valence-corrected chi connectivity index (χ0v) is 12.9. The lowest BCUT2D eigenvalue weighted by molar-refractivity contribution is 0.0607. The van der Waals surface area contributed by atoms with E-state index in [0.29, 0.717) is 26.3 Å². The van der Waals surface area contributed by atoms with Crippen molar-refractivity contribution in [2.45, 2.75) is 0 Å². The number of rotatable bonds is 3. The monoisotopic (exact) mass is 354 g/mol. The summed E-state index contributed by atoms with van der Waals surface area (Å²) in [7, 11) is 1.29. The number of benzene rings is 1. The van der Waals surface area contributed by atoms with Crippen molar-refractivity contribution in [2.75, 3.05) is 18.2 Å².